The molecule has 0 saturated carbocycles. The lowest BCUT2D eigenvalue weighted by molar-refractivity contribution is -0.137. The molecule has 0 spiro atoms. The highest BCUT2D eigenvalue weighted by Crippen LogP contribution is 2.30. The van der Waals surface area contributed by atoms with Gasteiger partial charge in [0.2, 0.25) is 0 Å². The molecule has 0 fully saturated rings. The fraction of sp³-hybridized carbons (Fsp3) is 0.167. The molecule has 0 aliphatic carbocycles. The summed E-state index contributed by atoms with van der Waals surface area (Å²) in [6, 6.07) is 3.67. The number of carboxylic acids is 1. The minimum atomic E-state index is -1.04. The first-order valence-corrected chi connectivity index (χ1v) is 6.92. The highest BCUT2D eigenvalue weighted by Gasteiger charge is 2.18. The average Bonchev–Trinajstić information content (AvgIpc) is 2.70. The van der Waals surface area contributed by atoms with E-state index in [9.17, 15) is 9.59 Å². The third kappa shape index (κ3) is 2.82. The molecule has 19 heavy (non-hydrogen) atoms. The van der Waals surface area contributed by atoms with Crippen molar-refractivity contribution in [1.29, 1.82) is 0 Å². The van der Waals surface area contributed by atoms with Crippen LogP contribution in [0.2, 0.25) is 0 Å². The number of amides is 1. The van der Waals surface area contributed by atoms with Gasteiger partial charge < -0.3 is 15.0 Å². The second kappa shape index (κ2) is 5.34. The van der Waals surface area contributed by atoms with Crippen molar-refractivity contribution in [2.45, 2.75) is 0 Å². The van der Waals surface area contributed by atoms with Crippen molar-refractivity contribution < 1.29 is 14.7 Å². The van der Waals surface area contributed by atoms with E-state index in [-0.39, 0.29) is 12.5 Å². The normalized spacial score (nSPS) is 10.7. The number of aromatic nitrogens is 1. The molecule has 2 N–H and O–H groups in total. The number of hydrogen-bond acceptors (Lipinski definition) is 2. The summed E-state index contributed by atoms with van der Waals surface area (Å²) in [5.74, 6) is -1.37. The number of rotatable bonds is 3. The molecule has 0 radical (unpaired) electrons. The van der Waals surface area contributed by atoms with Gasteiger partial charge in [0.05, 0.1) is 5.56 Å². The van der Waals surface area contributed by atoms with E-state index in [1.165, 1.54) is 11.9 Å². The SMILES string of the molecule is CN(CC(=O)O)C(=O)c1c[nH]c2cc(Br)c(Br)cc12. The molecular weight excluding hydrogens is 380 g/mol. The summed E-state index contributed by atoms with van der Waals surface area (Å²) in [5.41, 5.74) is 1.26. The molecule has 1 aromatic heterocycles. The van der Waals surface area contributed by atoms with Gasteiger partial charge in [-0.3, -0.25) is 9.59 Å². The number of nitrogens with one attached hydrogen (secondary N) is 1. The van der Waals surface area contributed by atoms with E-state index < -0.39 is 5.97 Å². The predicted molar refractivity (Wildman–Crippen MR) is 78.3 cm³/mol. The van der Waals surface area contributed by atoms with Crippen molar-refractivity contribution in [3.05, 3.63) is 32.8 Å². The Morgan fingerprint density at radius 2 is 1.95 bits per heavy atom. The highest BCUT2D eigenvalue weighted by molar-refractivity contribution is 9.13. The fourth-order valence-corrected chi connectivity index (χ4v) is 2.46. The quantitative estimate of drug-likeness (QED) is 0.847. The maximum absolute atomic E-state index is 12.2. The third-order valence-corrected chi connectivity index (χ3v) is 4.52. The molecule has 1 heterocycles. The van der Waals surface area contributed by atoms with Crippen LogP contribution < -0.4 is 0 Å². The first-order valence-electron chi connectivity index (χ1n) is 5.33. The zero-order valence-electron chi connectivity index (χ0n) is 9.91. The Balaban J connectivity index is 2.43. The number of likely N-dealkylation sites (N-methyl/N-ethyl adjacent to an activating group) is 1. The molecule has 1 aromatic carbocycles. The third-order valence-electron chi connectivity index (χ3n) is 2.67. The Morgan fingerprint density at radius 1 is 1.32 bits per heavy atom. The number of carboxylic acid groups (broad SMARTS) is 1. The van der Waals surface area contributed by atoms with Gasteiger partial charge >= 0.3 is 5.97 Å². The van der Waals surface area contributed by atoms with Crippen LogP contribution in [0.3, 0.4) is 0 Å². The van der Waals surface area contributed by atoms with Gasteiger partial charge in [0.1, 0.15) is 6.54 Å². The molecular formula is C12H10Br2N2O3. The smallest absolute Gasteiger partial charge is 0.323 e. The number of carbonyl (C=O) groups excluding carboxylic acids is 1. The molecule has 2 aromatic rings. The van der Waals surface area contributed by atoms with Crippen molar-refractivity contribution in [2.75, 3.05) is 13.6 Å². The molecule has 7 heteroatoms. The minimum absolute atomic E-state index is 0.330. The van der Waals surface area contributed by atoms with Crippen molar-refractivity contribution in [1.82, 2.24) is 9.88 Å². The molecule has 0 atom stereocenters. The number of aromatic amines is 1. The zero-order chi connectivity index (χ0) is 14.2. The van der Waals surface area contributed by atoms with Crippen LogP contribution in [0.1, 0.15) is 10.4 Å². The number of aliphatic carboxylic acids is 1. The summed E-state index contributed by atoms with van der Waals surface area (Å²) in [5, 5.41) is 9.46. The van der Waals surface area contributed by atoms with Gasteiger partial charge in [-0.05, 0) is 44.0 Å². The van der Waals surface area contributed by atoms with Crippen molar-refractivity contribution in [3.63, 3.8) is 0 Å². The Morgan fingerprint density at radius 3 is 2.58 bits per heavy atom. The average molecular weight is 390 g/mol. The minimum Gasteiger partial charge on any atom is -0.480 e. The lowest BCUT2D eigenvalue weighted by Gasteiger charge is -2.13. The van der Waals surface area contributed by atoms with Crippen molar-refractivity contribution in [2.24, 2.45) is 0 Å². The molecule has 2 rings (SSSR count). The van der Waals surface area contributed by atoms with Crippen LogP contribution in [-0.4, -0.2) is 40.5 Å². The van der Waals surface area contributed by atoms with Crippen LogP contribution in [0.4, 0.5) is 0 Å². The fourth-order valence-electron chi connectivity index (χ4n) is 1.77. The molecule has 5 nitrogen and oxygen atoms in total. The second-order valence-electron chi connectivity index (χ2n) is 4.07. The van der Waals surface area contributed by atoms with Crippen LogP contribution in [0, 0.1) is 0 Å². The van der Waals surface area contributed by atoms with Crippen molar-refractivity contribution in [3.8, 4) is 0 Å². The standard InChI is InChI=1S/C12H10Br2N2O3/c1-16(5-11(17)18)12(19)7-4-15-10-3-9(14)8(13)2-6(7)10/h2-4,15H,5H2,1H3,(H,17,18). The first-order chi connectivity index (χ1) is 8.90. The summed E-state index contributed by atoms with van der Waals surface area (Å²) in [6.45, 7) is -0.330. The van der Waals surface area contributed by atoms with Crippen molar-refractivity contribution >= 4 is 54.6 Å². The Kier molecular flexibility index (Phi) is 3.96. The number of nitrogens with zero attached hydrogens (tertiary/aromatic N) is 1. The Bertz CT molecular complexity index is 666. The molecule has 0 unspecified atom stereocenters. The highest BCUT2D eigenvalue weighted by atomic mass is 79.9. The van der Waals surface area contributed by atoms with Crippen LogP contribution in [0.25, 0.3) is 10.9 Å². The second-order valence-corrected chi connectivity index (χ2v) is 5.78. The summed E-state index contributed by atoms with van der Waals surface area (Å²) in [4.78, 5) is 27.0. The van der Waals surface area contributed by atoms with E-state index in [0.717, 1.165) is 19.8 Å². The molecule has 0 saturated heterocycles. The Labute approximate surface area is 125 Å². The number of benzene rings is 1. The predicted octanol–water partition coefficient (Wildman–Crippen LogP) is 2.85. The summed E-state index contributed by atoms with van der Waals surface area (Å²) in [6.07, 6.45) is 1.59. The molecule has 0 aliphatic rings. The Hall–Kier alpha value is -1.34. The van der Waals surface area contributed by atoms with E-state index in [2.05, 4.69) is 36.8 Å². The van der Waals surface area contributed by atoms with Gasteiger partial charge in [-0.2, -0.15) is 0 Å². The molecule has 0 aliphatic heterocycles. The summed E-state index contributed by atoms with van der Waals surface area (Å²) >= 11 is 6.77. The maximum Gasteiger partial charge on any atom is 0.323 e. The lowest BCUT2D eigenvalue weighted by Crippen LogP contribution is -2.31. The van der Waals surface area contributed by atoms with Crippen LogP contribution >= 0.6 is 31.9 Å². The monoisotopic (exact) mass is 388 g/mol. The summed E-state index contributed by atoms with van der Waals surface area (Å²) in [7, 11) is 1.46. The van der Waals surface area contributed by atoms with E-state index >= 15 is 0 Å². The van der Waals surface area contributed by atoms with E-state index in [4.69, 9.17) is 5.11 Å². The molecule has 100 valence electrons. The van der Waals surface area contributed by atoms with Gasteiger partial charge in [-0.15, -0.1) is 0 Å². The van der Waals surface area contributed by atoms with Gasteiger partial charge in [0, 0.05) is 33.1 Å². The number of H-pyrrole nitrogens is 1. The van der Waals surface area contributed by atoms with Gasteiger partial charge in [-0.1, -0.05) is 0 Å². The molecule has 1 amide bonds. The number of halogens is 2. The first kappa shape index (κ1) is 14.1. The zero-order valence-corrected chi connectivity index (χ0v) is 13.1. The lowest BCUT2D eigenvalue weighted by atomic mass is 10.1. The number of fused-ring (bicyclic) bond motifs is 1. The summed E-state index contributed by atoms with van der Waals surface area (Å²) < 4.78 is 1.70. The van der Waals surface area contributed by atoms with Gasteiger partial charge in [0.15, 0.2) is 0 Å². The number of carbonyl (C=O) groups is 2. The van der Waals surface area contributed by atoms with E-state index in [0.29, 0.717) is 5.56 Å². The van der Waals surface area contributed by atoms with Crippen LogP contribution in [-0.2, 0) is 4.79 Å². The topological polar surface area (TPSA) is 73.4 Å². The van der Waals surface area contributed by atoms with Gasteiger partial charge in [0.25, 0.3) is 5.91 Å². The van der Waals surface area contributed by atoms with E-state index in [1.54, 1.807) is 6.20 Å². The van der Waals surface area contributed by atoms with Crippen LogP contribution in [0.5, 0.6) is 0 Å². The van der Waals surface area contributed by atoms with E-state index in [1.807, 2.05) is 12.1 Å². The largest absolute Gasteiger partial charge is 0.480 e. The molecule has 0 bridgehead atoms. The maximum atomic E-state index is 12.2. The number of hydrogen-bond donors (Lipinski definition) is 2. The van der Waals surface area contributed by atoms with Crippen LogP contribution in [0.15, 0.2) is 27.3 Å². The van der Waals surface area contributed by atoms with Gasteiger partial charge in [-0.25, -0.2) is 0 Å².